The summed E-state index contributed by atoms with van der Waals surface area (Å²) >= 11 is 13.3. The molecule has 2 aromatic carbocycles. The highest BCUT2D eigenvalue weighted by molar-refractivity contribution is 9.10. The van der Waals surface area contributed by atoms with E-state index in [9.17, 15) is 0 Å². The summed E-state index contributed by atoms with van der Waals surface area (Å²) in [6, 6.07) is 16.5. The number of benzene rings is 2. The molecule has 0 aliphatic carbocycles. The lowest BCUT2D eigenvalue weighted by molar-refractivity contribution is 0.775. The molecule has 0 nitrogen and oxygen atoms in total. The minimum atomic E-state index is 0.443. The van der Waals surface area contributed by atoms with E-state index in [0.29, 0.717) is 5.92 Å². The Morgan fingerprint density at radius 2 is 1.67 bits per heavy atom. The van der Waals surface area contributed by atoms with Gasteiger partial charge in [0, 0.05) is 14.8 Å². The van der Waals surface area contributed by atoms with E-state index in [1.807, 2.05) is 18.2 Å². The fourth-order valence-corrected chi connectivity index (χ4v) is 3.01. The molecule has 0 aromatic heterocycles. The molecule has 3 heteroatoms. The first-order valence-electron chi connectivity index (χ1n) is 5.75. The topological polar surface area (TPSA) is 0 Å². The second-order valence-corrected chi connectivity index (χ2v) is 6.17. The zero-order valence-electron chi connectivity index (χ0n) is 9.74. The SMILES string of the molecule is Clc1ccccc1CC(CBr)c1ccc(Br)cc1. The lowest BCUT2D eigenvalue weighted by Crippen LogP contribution is -2.04. The first-order chi connectivity index (χ1) is 8.70. The Kier molecular flexibility index (Phi) is 5.28. The van der Waals surface area contributed by atoms with Crippen LogP contribution in [0.25, 0.3) is 0 Å². The van der Waals surface area contributed by atoms with E-state index in [0.717, 1.165) is 21.2 Å². The van der Waals surface area contributed by atoms with E-state index in [4.69, 9.17) is 11.6 Å². The molecule has 1 unspecified atom stereocenters. The van der Waals surface area contributed by atoms with Gasteiger partial charge in [0.05, 0.1) is 0 Å². The highest BCUT2D eigenvalue weighted by Crippen LogP contribution is 2.27. The average molecular weight is 389 g/mol. The molecule has 0 heterocycles. The third-order valence-electron chi connectivity index (χ3n) is 2.95. The van der Waals surface area contributed by atoms with Crippen molar-refractivity contribution in [1.29, 1.82) is 0 Å². The first kappa shape index (κ1) is 14.1. The van der Waals surface area contributed by atoms with Crippen molar-refractivity contribution >= 4 is 43.5 Å². The Morgan fingerprint density at radius 1 is 1.00 bits per heavy atom. The van der Waals surface area contributed by atoms with Gasteiger partial charge in [-0.3, -0.25) is 0 Å². The molecule has 2 rings (SSSR count). The number of halogens is 3. The minimum absolute atomic E-state index is 0.443. The van der Waals surface area contributed by atoms with Gasteiger partial charge < -0.3 is 0 Å². The van der Waals surface area contributed by atoms with Crippen LogP contribution in [0, 0.1) is 0 Å². The standard InChI is InChI=1S/C15H13Br2Cl/c16-10-13(11-5-7-14(17)8-6-11)9-12-3-1-2-4-15(12)18/h1-8,13H,9-10H2. The second-order valence-electron chi connectivity index (χ2n) is 4.20. The van der Waals surface area contributed by atoms with Gasteiger partial charge in [-0.05, 0) is 41.7 Å². The van der Waals surface area contributed by atoms with Gasteiger partial charge in [0.25, 0.3) is 0 Å². The molecule has 0 amide bonds. The predicted octanol–water partition coefficient (Wildman–Crippen LogP) is 5.82. The normalized spacial score (nSPS) is 12.4. The molecule has 0 radical (unpaired) electrons. The van der Waals surface area contributed by atoms with Crippen LogP contribution in [-0.4, -0.2) is 5.33 Å². The molecule has 0 bridgehead atoms. The summed E-state index contributed by atoms with van der Waals surface area (Å²) in [4.78, 5) is 0. The van der Waals surface area contributed by atoms with Crippen molar-refractivity contribution in [3.8, 4) is 0 Å². The third kappa shape index (κ3) is 3.59. The number of hydrogen-bond donors (Lipinski definition) is 0. The molecule has 18 heavy (non-hydrogen) atoms. The van der Waals surface area contributed by atoms with Crippen molar-refractivity contribution in [3.63, 3.8) is 0 Å². The van der Waals surface area contributed by atoms with Crippen LogP contribution in [0.4, 0.5) is 0 Å². The molecule has 0 saturated carbocycles. The largest absolute Gasteiger partial charge is 0.0921 e. The maximum atomic E-state index is 6.22. The van der Waals surface area contributed by atoms with Crippen LogP contribution in [0.3, 0.4) is 0 Å². The Balaban J connectivity index is 2.20. The molecular weight excluding hydrogens is 375 g/mol. The molecule has 2 aromatic rings. The highest BCUT2D eigenvalue weighted by Gasteiger charge is 2.12. The van der Waals surface area contributed by atoms with Gasteiger partial charge >= 0.3 is 0 Å². The number of rotatable bonds is 4. The van der Waals surface area contributed by atoms with Crippen molar-refractivity contribution in [2.45, 2.75) is 12.3 Å². The molecule has 0 spiro atoms. The molecule has 0 aliphatic heterocycles. The van der Waals surface area contributed by atoms with Crippen LogP contribution < -0.4 is 0 Å². The van der Waals surface area contributed by atoms with Crippen LogP contribution in [-0.2, 0) is 6.42 Å². The predicted molar refractivity (Wildman–Crippen MR) is 85.8 cm³/mol. The minimum Gasteiger partial charge on any atom is -0.0921 e. The Morgan fingerprint density at radius 3 is 2.28 bits per heavy atom. The number of hydrogen-bond acceptors (Lipinski definition) is 0. The van der Waals surface area contributed by atoms with Gasteiger partial charge in [0.15, 0.2) is 0 Å². The van der Waals surface area contributed by atoms with Gasteiger partial charge in [-0.15, -0.1) is 0 Å². The van der Waals surface area contributed by atoms with E-state index in [1.54, 1.807) is 0 Å². The Hall–Kier alpha value is -0.310. The zero-order valence-corrected chi connectivity index (χ0v) is 13.7. The van der Waals surface area contributed by atoms with Gasteiger partial charge in [-0.25, -0.2) is 0 Å². The fraction of sp³-hybridized carbons (Fsp3) is 0.200. The second kappa shape index (κ2) is 6.74. The number of alkyl halides is 1. The lowest BCUT2D eigenvalue weighted by atomic mass is 9.94. The zero-order chi connectivity index (χ0) is 13.0. The maximum absolute atomic E-state index is 6.22. The van der Waals surface area contributed by atoms with Crippen molar-refractivity contribution in [2.24, 2.45) is 0 Å². The van der Waals surface area contributed by atoms with Crippen LogP contribution in [0.2, 0.25) is 5.02 Å². The smallest absolute Gasteiger partial charge is 0.0438 e. The van der Waals surface area contributed by atoms with E-state index in [-0.39, 0.29) is 0 Å². The van der Waals surface area contributed by atoms with Crippen LogP contribution >= 0.6 is 43.5 Å². The third-order valence-corrected chi connectivity index (χ3v) is 4.63. The molecule has 94 valence electrons. The van der Waals surface area contributed by atoms with Crippen LogP contribution in [0.15, 0.2) is 53.0 Å². The summed E-state index contributed by atoms with van der Waals surface area (Å²) < 4.78 is 1.11. The quantitative estimate of drug-likeness (QED) is 0.579. The van der Waals surface area contributed by atoms with Crippen LogP contribution in [0.5, 0.6) is 0 Å². The summed E-state index contributed by atoms with van der Waals surface area (Å²) in [5.41, 5.74) is 2.53. The van der Waals surface area contributed by atoms with Crippen molar-refractivity contribution < 1.29 is 0 Å². The summed E-state index contributed by atoms with van der Waals surface area (Å²) in [6.45, 7) is 0. The molecule has 0 saturated heterocycles. The van der Waals surface area contributed by atoms with Crippen molar-refractivity contribution in [3.05, 3.63) is 69.2 Å². The first-order valence-corrected chi connectivity index (χ1v) is 8.05. The van der Waals surface area contributed by atoms with Crippen molar-refractivity contribution in [1.82, 2.24) is 0 Å². The van der Waals surface area contributed by atoms with Gasteiger partial charge in [0.2, 0.25) is 0 Å². The maximum Gasteiger partial charge on any atom is 0.0438 e. The summed E-state index contributed by atoms with van der Waals surface area (Å²) in [6.07, 6.45) is 0.951. The highest BCUT2D eigenvalue weighted by atomic mass is 79.9. The van der Waals surface area contributed by atoms with E-state index in [1.165, 1.54) is 11.1 Å². The Bertz CT molecular complexity index is 508. The van der Waals surface area contributed by atoms with Crippen LogP contribution in [0.1, 0.15) is 17.0 Å². The molecule has 0 N–H and O–H groups in total. The van der Waals surface area contributed by atoms with Crippen molar-refractivity contribution in [2.75, 3.05) is 5.33 Å². The van der Waals surface area contributed by atoms with Gasteiger partial charge in [-0.2, -0.15) is 0 Å². The molecular formula is C15H13Br2Cl. The monoisotopic (exact) mass is 386 g/mol. The van der Waals surface area contributed by atoms with Gasteiger partial charge in [-0.1, -0.05) is 73.8 Å². The lowest BCUT2D eigenvalue weighted by Gasteiger charge is -2.15. The van der Waals surface area contributed by atoms with Gasteiger partial charge in [0.1, 0.15) is 0 Å². The molecule has 1 atom stereocenters. The summed E-state index contributed by atoms with van der Waals surface area (Å²) in [5.74, 6) is 0.443. The average Bonchev–Trinajstić information content (AvgIpc) is 2.39. The fourth-order valence-electron chi connectivity index (χ4n) is 1.93. The molecule has 0 fully saturated rings. The summed E-state index contributed by atoms with van der Waals surface area (Å²) in [5, 5.41) is 1.78. The Labute approximate surface area is 130 Å². The van der Waals surface area contributed by atoms with E-state index >= 15 is 0 Å². The summed E-state index contributed by atoms with van der Waals surface area (Å²) in [7, 11) is 0. The molecule has 0 aliphatic rings. The van der Waals surface area contributed by atoms with E-state index in [2.05, 4.69) is 62.2 Å². The van der Waals surface area contributed by atoms with E-state index < -0.39 is 0 Å².